The first kappa shape index (κ1) is 15.5. The van der Waals surface area contributed by atoms with Crippen molar-refractivity contribution in [3.05, 3.63) is 29.8 Å². The van der Waals surface area contributed by atoms with Crippen LogP contribution >= 0.6 is 0 Å². The highest BCUT2D eigenvalue weighted by molar-refractivity contribution is 5.42. The molecule has 0 radical (unpaired) electrons. The fourth-order valence-electron chi connectivity index (χ4n) is 1.70. The average molecular weight is 262 g/mol. The Hall–Kier alpha value is -1.57. The Balaban J connectivity index is 2.23. The highest BCUT2D eigenvalue weighted by Crippen LogP contribution is 2.16. The zero-order valence-electron chi connectivity index (χ0n) is 11.4. The molecule has 4 heteroatoms. The summed E-state index contributed by atoms with van der Waals surface area (Å²) >= 11 is 0. The summed E-state index contributed by atoms with van der Waals surface area (Å²) in [7, 11) is 0. The number of unbranched alkanes of at least 4 members (excludes halogenated alkanes) is 2. The van der Waals surface area contributed by atoms with Gasteiger partial charge in [0.25, 0.3) is 0 Å². The van der Waals surface area contributed by atoms with Crippen LogP contribution in [0.15, 0.2) is 24.3 Å². The predicted octanol–water partition coefficient (Wildman–Crippen LogP) is 2.08. The van der Waals surface area contributed by atoms with Gasteiger partial charge in [-0.25, -0.2) is 0 Å². The number of nitriles is 1. The van der Waals surface area contributed by atoms with E-state index in [0.29, 0.717) is 17.9 Å². The summed E-state index contributed by atoms with van der Waals surface area (Å²) in [6, 6.07) is 9.10. The number of nitrogens with zero attached hydrogens (tertiary/aromatic N) is 1. The normalized spacial score (nSPS) is 11.8. The average Bonchev–Trinajstić information content (AvgIpc) is 2.45. The maximum Gasteiger partial charge on any atom is 0.137 e. The second kappa shape index (κ2) is 9.37. The van der Waals surface area contributed by atoms with Gasteiger partial charge < -0.3 is 15.2 Å². The SMILES string of the molecule is CCCCCNCC(O)COc1ccccc1C#N. The molecule has 0 amide bonds. The van der Waals surface area contributed by atoms with Crippen molar-refractivity contribution in [2.75, 3.05) is 19.7 Å². The number of benzene rings is 1. The van der Waals surface area contributed by atoms with Crippen LogP contribution in [0.4, 0.5) is 0 Å². The molecule has 0 aromatic heterocycles. The molecule has 1 aromatic rings. The molecule has 1 atom stereocenters. The molecule has 0 saturated heterocycles. The highest BCUT2D eigenvalue weighted by atomic mass is 16.5. The van der Waals surface area contributed by atoms with E-state index in [-0.39, 0.29) is 6.61 Å². The minimum Gasteiger partial charge on any atom is -0.489 e. The van der Waals surface area contributed by atoms with Crippen molar-refractivity contribution in [1.29, 1.82) is 5.26 Å². The lowest BCUT2D eigenvalue weighted by Gasteiger charge is -2.13. The van der Waals surface area contributed by atoms with Gasteiger partial charge in [-0.3, -0.25) is 0 Å². The Morgan fingerprint density at radius 1 is 1.37 bits per heavy atom. The third-order valence-electron chi connectivity index (χ3n) is 2.78. The molecule has 19 heavy (non-hydrogen) atoms. The van der Waals surface area contributed by atoms with E-state index in [1.807, 2.05) is 6.07 Å². The molecule has 1 rings (SSSR count). The summed E-state index contributed by atoms with van der Waals surface area (Å²) < 4.78 is 5.46. The van der Waals surface area contributed by atoms with Crippen LogP contribution in [0.1, 0.15) is 31.7 Å². The van der Waals surface area contributed by atoms with Crippen molar-refractivity contribution in [1.82, 2.24) is 5.32 Å². The summed E-state index contributed by atoms with van der Waals surface area (Å²) in [6.45, 7) is 3.78. The molecule has 2 N–H and O–H groups in total. The van der Waals surface area contributed by atoms with Crippen LogP contribution in [-0.2, 0) is 0 Å². The topological polar surface area (TPSA) is 65.3 Å². The zero-order chi connectivity index (χ0) is 13.9. The molecule has 1 unspecified atom stereocenters. The van der Waals surface area contributed by atoms with Crippen LogP contribution in [0.25, 0.3) is 0 Å². The zero-order valence-corrected chi connectivity index (χ0v) is 11.4. The van der Waals surface area contributed by atoms with Gasteiger partial charge in [0, 0.05) is 6.54 Å². The van der Waals surface area contributed by atoms with Gasteiger partial charge >= 0.3 is 0 Å². The quantitative estimate of drug-likeness (QED) is 0.669. The van der Waals surface area contributed by atoms with Crippen LogP contribution < -0.4 is 10.1 Å². The minimum absolute atomic E-state index is 0.194. The molecule has 104 valence electrons. The summed E-state index contributed by atoms with van der Waals surface area (Å²) in [5.74, 6) is 0.523. The second-order valence-electron chi connectivity index (χ2n) is 4.48. The lowest BCUT2D eigenvalue weighted by molar-refractivity contribution is 0.106. The van der Waals surface area contributed by atoms with Crippen molar-refractivity contribution < 1.29 is 9.84 Å². The number of aliphatic hydroxyl groups is 1. The van der Waals surface area contributed by atoms with E-state index < -0.39 is 6.10 Å². The van der Waals surface area contributed by atoms with Crippen molar-refractivity contribution in [3.63, 3.8) is 0 Å². The van der Waals surface area contributed by atoms with E-state index in [1.54, 1.807) is 18.2 Å². The smallest absolute Gasteiger partial charge is 0.137 e. The first-order chi connectivity index (χ1) is 9.27. The van der Waals surface area contributed by atoms with Crippen LogP contribution in [0.3, 0.4) is 0 Å². The first-order valence-electron chi connectivity index (χ1n) is 6.78. The predicted molar refractivity (Wildman–Crippen MR) is 75.1 cm³/mol. The molecule has 0 aliphatic rings. The van der Waals surface area contributed by atoms with Crippen molar-refractivity contribution >= 4 is 0 Å². The molecule has 0 aliphatic carbocycles. The van der Waals surface area contributed by atoms with Gasteiger partial charge in [0.05, 0.1) is 5.56 Å². The maximum atomic E-state index is 9.76. The van der Waals surface area contributed by atoms with Gasteiger partial charge in [-0.2, -0.15) is 5.26 Å². The van der Waals surface area contributed by atoms with Crippen LogP contribution in [0.5, 0.6) is 5.75 Å². The van der Waals surface area contributed by atoms with Gasteiger partial charge in [0.15, 0.2) is 0 Å². The summed E-state index contributed by atoms with van der Waals surface area (Å²) in [4.78, 5) is 0. The molecular formula is C15H22N2O2. The van der Waals surface area contributed by atoms with Gasteiger partial charge in [-0.15, -0.1) is 0 Å². The summed E-state index contributed by atoms with van der Waals surface area (Å²) in [5.41, 5.74) is 0.491. The lowest BCUT2D eigenvalue weighted by Crippen LogP contribution is -2.32. The molecular weight excluding hydrogens is 240 g/mol. The molecule has 0 saturated carbocycles. The molecule has 0 fully saturated rings. The highest BCUT2D eigenvalue weighted by Gasteiger charge is 2.07. The molecule has 0 spiro atoms. The van der Waals surface area contributed by atoms with Crippen LogP contribution in [0.2, 0.25) is 0 Å². The molecule has 0 heterocycles. The first-order valence-corrected chi connectivity index (χ1v) is 6.78. The van der Waals surface area contributed by atoms with Gasteiger partial charge in [0.2, 0.25) is 0 Å². The number of para-hydroxylation sites is 1. The Bertz CT molecular complexity index is 401. The number of hydrogen-bond acceptors (Lipinski definition) is 4. The van der Waals surface area contributed by atoms with Crippen molar-refractivity contribution in [3.8, 4) is 11.8 Å². The van der Waals surface area contributed by atoms with Gasteiger partial charge in [0.1, 0.15) is 24.5 Å². The molecule has 0 aliphatic heterocycles. The van der Waals surface area contributed by atoms with E-state index in [2.05, 4.69) is 18.3 Å². The Labute approximate surface area is 115 Å². The monoisotopic (exact) mass is 262 g/mol. The number of hydrogen-bond donors (Lipinski definition) is 2. The van der Waals surface area contributed by atoms with Crippen LogP contribution in [0, 0.1) is 11.3 Å². The van der Waals surface area contributed by atoms with Crippen molar-refractivity contribution in [2.24, 2.45) is 0 Å². The third-order valence-corrected chi connectivity index (χ3v) is 2.78. The fourth-order valence-corrected chi connectivity index (χ4v) is 1.70. The number of nitrogens with one attached hydrogen (secondary N) is 1. The lowest BCUT2D eigenvalue weighted by atomic mass is 10.2. The number of aliphatic hydroxyl groups excluding tert-OH is 1. The number of ether oxygens (including phenoxy) is 1. The Morgan fingerprint density at radius 2 is 2.16 bits per heavy atom. The Kier molecular flexibility index (Phi) is 7.64. The van der Waals surface area contributed by atoms with Gasteiger partial charge in [-0.05, 0) is 25.1 Å². The van der Waals surface area contributed by atoms with Crippen LogP contribution in [-0.4, -0.2) is 30.9 Å². The fraction of sp³-hybridized carbons (Fsp3) is 0.533. The van der Waals surface area contributed by atoms with Gasteiger partial charge in [-0.1, -0.05) is 31.9 Å². The summed E-state index contributed by atoms with van der Waals surface area (Å²) in [6.07, 6.45) is 2.96. The maximum absolute atomic E-state index is 9.76. The minimum atomic E-state index is -0.562. The molecule has 4 nitrogen and oxygen atoms in total. The largest absolute Gasteiger partial charge is 0.489 e. The van der Waals surface area contributed by atoms with E-state index in [4.69, 9.17) is 10.00 Å². The Morgan fingerprint density at radius 3 is 2.89 bits per heavy atom. The van der Waals surface area contributed by atoms with E-state index >= 15 is 0 Å². The van der Waals surface area contributed by atoms with E-state index in [9.17, 15) is 5.11 Å². The number of rotatable bonds is 9. The van der Waals surface area contributed by atoms with E-state index in [1.165, 1.54) is 12.8 Å². The molecule has 0 bridgehead atoms. The summed E-state index contributed by atoms with van der Waals surface area (Å²) in [5, 5.41) is 21.9. The van der Waals surface area contributed by atoms with Crippen molar-refractivity contribution in [2.45, 2.75) is 32.3 Å². The second-order valence-corrected chi connectivity index (χ2v) is 4.48. The standard InChI is InChI=1S/C15H22N2O2/c1-2-3-6-9-17-11-14(18)12-19-15-8-5-4-7-13(15)10-16/h4-5,7-8,14,17-18H,2-3,6,9,11-12H2,1H3. The third kappa shape index (κ3) is 6.23. The molecule has 1 aromatic carbocycles. The van der Waals surface area contributed by atoms with E-state index in [0.717, 1.165) is 13.0 Å².